The molecule has 0 bridgehead atoms. The molecular weight excluding hydrogens is 329 g/mol. The summed E-state index contributed by atoms with van der Waals surface area (Å²) >= 11 is 9.15. The molecule has 1 atom stereocenters. The molecule has 4 heteroatoms. The van der Waals surface area contributed by atoms with Crippen LogP contribution in [0.15, 0.2) is 46.9 Å². The molecule has 0 heterocycles. The van der Waals surface area contributed by atoms with Crippen molar-refractivity contribution in [2.45, 2.75) is 19.5 Å². The number of nitrogens with one attached hydrogen (secondary N) is 1. The summed E-state index contributed by atoms with van der Waals surface area (Å²) in [6.07, 6.45) is 0. The normalized spacial score (nSPS) is 12.4. The van der Waals surface area contributed by atoms with Gasteiger partial charge in [-0.05, 0) is 48.4 Å². The van der Waals surface area contributed by atoms with E-state index in [1.54, 1.807) is 0 Å². The molecule has 2 aromatic rings. The van der Waals surface area contributed by atoms with E-state index in [4.69, 9.17) is 11.6 Å². The van der Waals surface area contributed by atoms with Gasteiger partial charge in [0.2, 0.25) is 0 Å². The fraction of sp³-hybridized carbons (Fsp3) is 0.200. The van der Waals surface area contributed by atoms with Gasteiger partial charge >= 0.3 is 0 Å². The van der Waals surface area contributed by atoms with Gasteiger partial charge in [-0.3, -0.25) is 0 Å². The van der Waals surface area contributed by atoms with Crippen LogP contribution in [0.3, 0.4) is 0 Å². The molecule has 100 valence electrons. The molecule has 19 heavy (non-hydrogen) atoms. The van der Waals surface area contributed by atoms with Crippen molar-refractivity contribution >= 4 is 27.5 Å². The zero-order valence-corrected chi connectivity index (χ0v) is 12.8. The minimum absolute atomic E-state index is 0.180. The number of halogens is 3. The molecule has 2 rings (SSSR count). The third kappa shape index (κ3) is 4.30. The monoisotopic (exact) mass is 341 g/mol. The molecule has 0 saturated carbocycles. The minimum Gasteiger partial charge on any atom is -0.306 e. The van der Waals surface area contributed by atoms with Crippen LogP contribution < -0.4 is 5.32 Å². The Morgan fingerprint density at radius 2 is 1.89 bits per heavy atom. The molecule has 0 fully saturated rings. The van der Waals surface area contributed by atoms with Crippen molar-refractivity contribution in [1.29, 1.82) is 0 Å². The van der Waals surface area contributed by atoms with Gasteiger partial charge in [-0.2, -0.15) is 0 Å². The largest absolute Gasteiger partial charge is 0.306 e. The highest BCUT2D eigenvalue weighted by Gasteiger charge is 2.05. The van der Waals surface area contributed by atoms with Gasteiger partial charge in [-0.1, -0.05) is 39.7 Å². The highest BCUT2D eigenvalue weighted by Crippen LogP contribution is 2.18. The zero-order chi connectivity index (χ0) is 13.8. The number of hydrogen-bond donors (Lipinski definition) is 1. The second-order valence-corrected chi connectivity index (χ2v) is 5.78. The van der Waals surface area contributed by atoms with E-state index in [0.717, 1.165) is 20.6 Å². The number of benzene rings is 2. The zero-order valence-electron chi connectivity index (χ0n) is 10.5. The SMILES string of the molecule is C[C@@H](NCc1cc(F)cc(Br)c1)c1ccc(Cl)cc1. The van der Waals surface area contributed by atoms with Gasteiger partial charge in [-0.25, -0.2) is 4.39 Å². The van der Waals surface area contributed by atoms with E-state index in [1.165, 1.54) is 12.1 Å². The average molecular weight is 343 g/mol. The van der Waals surface area contributed by atoms with Crippen LogP contribution >= 0.6 is 27.5 Å². The van der Waals surface area contributed by atoms with Crippen molar-refractivity contribution in [3.63, 3.8) is 0 Å². The molecule has 1 nitrogen and oxygen atoms in total. The van der Waals surface area contributed by atoms with Crippen molar-refractivity contribution in [2.24, 2.45) is 0 Å². The van der Waals surface area contributed by atoms with Gasteiger partial charge in [-0.15, -0.1) is 0 Å². The standard InChI is InChI=1S/C15H14BrClFN/c1-10(12-2-4-14(17)5-3-12)19-9-11-6-13(16)8-15(18)7-11/h2-8,10,19H,9H2,1H3/t10-/m1/s1. The summed E-state index contributed by atoms with van der Waals surface area (Å²) in [7, 11) is 0. The summed E-state index contributed by atoms with van der Waals surface area (Å²) in [4.78, 5) is 0. The van der Waals surface area contributed by atoms with E-state index in [1.807, 2.05) is 30.3 Å². The Morgan fingerprint density at radius 3 is 2.53 bits per heavy atom. The summed E-state index contributed by atoms with van der Waals surface area (Å²) in [5.74, 6) is -0.231. The molecule has 0 aliphatic carbocycles. The van der Waals surface area contributed by atoms with Crippen molar-refractivity contribution in [2.75, 3.05) is 0 Å². The molecule has 2 aromatic carbocycles. The van der Waals surface area contributed by atoms with Gasteiger partial charge in [0, 0.05) is 22.1 Å². The lowest BCUT2D eigenvalue weighted by molar-refractivity contribution is 0.569. The first-order chi connectivity index (χ1) is 9.04. The maximum atomic E-state index is 13.2. The molecule has 0 aliphatic rings. The van der Waals surface area contributed by atoms with Crippen LogP contribution in [0, 0.1) is 5.82 Å². The Kier molecular flexibility index (Phi) is 4.97. The lowest BCUT2D eigenvalue weighted by atomic mass is 10.1. The second kappa shape index (κ2) is 6.51. The molecule has 0 radical (unpaired) electrons. The summed E-state index contributed by atoms with van der Waals surface area (Å²) in [5.41, 5.74) is 2.06. The highest BCUT2D eigenvalue weighted by atomic mass is 79.9. The summed E-state index contributed by atoms with van der Waals surface area (Å²) in [6.45, 7) is 2.68. The van der Waals surface area contributed by atoms with Crippen LogP contribution in [-0.4, -0.2) is 0 Å². The Labute approximate surface area is 125 Å². The lowest BCUT2D eigenvalue weighted by Crippen LogP contribution is -2.18. The maximum Gasteiger partial charge on any atom is 0.124 e. The summed E-state index contributed by atoms with van der Waals surface area (Å²) in [6, 6.07) is 12.8. The van der Waals surface area contributed by atoms with E-state index in [9.17, 15) is 4.39 Å². The van der Waals surface area contributed by atoms with Gasteiger partial charge in [0.15, 0.2) is 0 Å². The van der Waals surface area contributed by atoms with Crippen LogP contribution in [-0.2, 0) is 6.54 Å². The van der Waals surface area contributed by atoms with Crippen LogP contribution in [0.5, 0.6) is 0 Å². The summed E-state index contributed by atoms with van der Waals surface area (Å²) in [5, 5.41) is 4.09. The van der Waals surface area contributed by atoms with Crippen molar-refractivity contribution in [3.8, 4) is 0 Å². The van der Waals surface area contributed by atoms with Gasteiger partial charge in [0.1, 0.15) is 5.82 Å². The maximum absolute atomic E-state index is 13.2. The first-order valence-corrected chi connectivity index (χ1v) is 7.15. The Balaban J connectivity index is 1.99. The Hall–Kier alpha value is -0.900. The fourth-order valence-electron chi connectivity index (χ4n) is 1.85. The predicted octanol–water partition coefficient (Wildman–Crippen LogP) is 5.09. The van der Waals surface area contributed by atoms with E-state index in [2.05, 4.69) is 28.2 Å². The van der Waals surface area contributed by atoms with E-state index in [-0.39, 0.29) is 11.9 Å². The molecule has 0 unspecified atom stereocenters. The first-order valence-electron chi connectivity index (χ1n) is 5.98. The third-order valence-electron chi connectivity index (χ3n) is 2.90. The summed E-state index contributed by atoms with van der Waals surface area (Å²) < 4.78 is 14.0. The van der Waals surface area contributed by atoms with E-state index >= 15 is 0 Å². The Morgan fingerprint density at radius 1 is 1.21 bits per heavy atom. The molecule has 1 N–H and O–H groups in total. The molecule has 0 spiro atoms. The minimum atomic E-state index is -0.231. The molecule has 0 aromatic heterocycles. The highest BCUT2D eigenvalue weighted by molar-refractivity contribution is 9.10. The second-order valence-electron chi connectivity index (χ2n) is 4.43. The topological polar surface area (TPSA) is 12.0 Å². The molecule has 0 amide bonds. The van der Waals surface area contributed by atoms with E-state index < -0.39 is 0 Å². The van der Waals surface area contributed by atoms with Gasteiger partial charge in [0.25, 0.3) is 0 Å². The van der Waals surface area contributed by atoms with Crippen molar-refractivity contribution in [3.05, 3.63) is 68.9 Å². The number of rotatable bonds is 4. The third-order valence-corrected chi connectivity index (χ3v) is 3.61. The molecular formula is C15H14BrClFN. The van der Waals surface area contributed by atoms with Crippen LogP contribution in [0.4, 0.5) is 4.39 Å². The van der Waals surface area contributed by atoms with Crippen LogP contribution in [0.25, 0.3) is 0 Å². The van der Waals surface area contributed by atoms with Crippen LogP contribution in [0.2, 0.25) is 5.02 Å². The van der Waals surface area contributed by atoms with Gasteiger partial charge < -0.3 is 5.32 Å². The average Bonchev–Trinajstić information content (AvgIpc) is 2.36. The number of hydrogen-bond acceptors (Lipinski definition) is 1. The Bertz CT molecular complexity index is 536. The quantitative estimate of drug-likeness (QED) is 0.816. The lowest BCUT2D eigenvalue weighted by Gasteiger charge is -2.14. The predicted molar refractivity (Wildman–Crippen MR) is 80.8 cm³/mol. The van der Waals surface area contributed by atoms with Crippen LogP contribution in [0.1, 0.15) is 24.1 Å². The van der Waals surface area contributed by atoms with Gasteiger partial charge in [0.05, 0.1) is 0 Å². The van der Waals surface area contributed by atoms with E-state index in [0.29, 0.717) is 6.54 Å². The first kappa shape index (κ1) is 14.5. The van der Waals surface area contributed by atoms with Crippen molar-refractivity contribution in [1.82, 2.24) is 5.32 Å². The smallest absolute Gasteiger partial charge is 0.124 e. The molecule has 0 saturated heterocycles. The fourth-order valence-corrected chi connectivity index (χ4v) is 2.49. The van der Waals surface area contributed by atoms with Crippen molar-refractivity contribution < 1.29 is 4.39 Å². The molecule has 0 aliphatic heterocycles.